The van der Waals surface area contributed by atoms with Crippen molar-refractivity contribution in [3.05, 3.63) is 48.0 Å². The number of aromatic nitrogens is 2. The predicted molar refractivity (Wildman–Crippen MR) is 98.6 cm³/mol. The van der Waals surface area contributed by atoms with Gasteiger partial charge in [0.2, 0.25) is 5.91 Å². The van der Waals surface area contributed by atoms with Gasteiger partial charge in [-0.15, -0.1) is 0 Å². The van der Waals surface area contributed by atoms with E-state index in [4.69, 9.17) is 0 Å². The summed E-state index contributed by atoms with van der Waals surface area (Å²) in [6.07, 6.45) is 3.76. The first kappa shape index (κ1) is 18.7. The van der Waals surface area contributed by atoms with Crippen molar-refractivity contribution in [2.75, 3.05) is 18.4 Å². The summed E-state index contributed by atoms with van der Waals surface area (Å²) < 4.78 is 1.89. The van der Waals surface area contributed by atoms with E-state index in [1.54, 1.807) is 17.4 Å². The molecule has 134 valence electrons. The quantitative estimate of drug-likeness (QED) is 0.840. The molecule has 0 aliphatic heterocycles. The molecule has 6 heteroatoms. The van der Waals surface area contributed by atoms with E-state index >= 15 is 0 Å². The lowest BCUT2D eigenvalue weighted by atomic mass is 10.1. The summed E-state index contributed by atoms with van der Waals surface area (Å²) in [5.41, 5.74) is 2.00. The molecule has 0 bridgehead atoms. The fourth-order valence-electron chi connectivity index (χ4n) is 2.50. The lowest BCUT2D eigenvalue weighted by molar-refractivity contribution is -0.130. The van der Waals surface area contributed by atoms with E-state index in [0.29, 0.717) is 30.9 Å². The zero-order chi connectivity index (χ0) is 18.4. The van der Waals surface area contributed by atoms with Gasteiger partial charge >= 0.3 is 0 Å². The number of hydrogen-bond donors (Lipinski definition) is 1. The fraction of sp³-hybridized carbons (Fsp3) is 0.421. The Balaban J connectivity index is 1.97. The summed E-state index contributed by atoms with van der Waals surface area (Å²) in [6, 6.07) is 7.61. The topological polar surface area (TPSA) is 67.2 Å². The van der Waals surface area contributed by atoms with Crippen molar-refractivity contribution in [3.63, 3.8) is 0 Å². The summed E-state index contributed by atoms with van der Waals surface area (Å²) >= 11 is 0. The van der Waals surface area contributed by atoms with E-state index in [2.05, 4.69) is 10.3 Å². The van der Waals surface area contributed by atoms with Gasteiger partial charge in [-0.05, 0) is 45.4 Å². The van der Waals surface area contributed by atoms with Crippen molar-refractivity contribution in [1.82, 2.24) is 14.5 Å². The third-order valence-electron chi connectivity index (χ3n) is 4.11. The second kappa shape index (κ2) is 8.46. The minimum Gasteiger partial charge on any atom is -0.343 e. The van der Waals surface area contributed by atoms with Crippen molar-refractivity contribution in [3.8, 4) is 0 Å². The van der Waals surface area contributed by atoms with Crippen LogP contribution in [0, 0.1) is 0 Å². The first-order chi connectivity index (χ1) is 11.9. The Bertz CT molecular complexity index is 715. The number of nitrogens with zero attached hydrogens (tertiary/aromatic N) is 3. The normalized spacial score (nSPS) is 10.8. The molecule has 1 aromatic heterocycles. The Hall–Kier alpha value is -2.63. The van der Waals surface area contributed by atoms with Gasteiger partial charge in [-0.2, -0.15) is 0 Å². The van der Waals surface area contributed by atoms with E-state index in [1.807, 2.05) is 56.5 Å². The molecule has 0 unspecified atom stereocenters. The summed E-state index contributed by atoms with van der Waals surface area (Å²) in [6.45, 7) is 9.43. The van der Waals surface area contributed by atoms with Crippen LogP contribution in [-0.4, -0.2) is 39.4 Å². The molecule has 1 aromatic carbocycles. The smallest absolute Gasteiger partial charge is 0.275 e. The number of nitrogens with one attached hydrogen (secondary N) is 1. The van der Waals surface area contributed by atoms with Gasteiger partial charge in [0.1, 0.15) is 5.69 Å². The van der Waals surface area contributed by atoms with Gasteiger partial charge in [-0.1, -0.05) is 12.1 Å². The lowest BCUT2D eigenvalue weighted by Gasteiger charge is -2.18. The van der Waals surface area contributed by atoms with Gasteiger partial charge in [-0.3, -0.25) is 9.59 Å². The second-order valence-electron chi connectivity index (χ2n) is 6.19. The maximum absolute atomic E-state index is 12.2. The Labute approximate surface area is 148 Å². The van der Waals surface area contributed by atoms with Crippen molar-refractivity contribution < 1.29 is 9.59 Å². The van der Waals surface area contributed by atoms with Gasteiger partial charge in [0.15, 0.2) is 0 Å². The molecule has 0 spiro atoms. The molecule has 2 amide bonds. The molecular weight excluding hydrogens is 316 g/mol. The fourth-order valence-corrected chi connectivity index (χ4v) is 2.50. The van der Waals surface area contributed by atoms with Crippen LogP contribution in [0.1, 0.15) is 49.8 Å². The number of likely N-dealkylation sites (N-methyl/N-ethyl adjacent to an activating group) is 1. The van der Waals surface area contributed by atoms with Gasteiger partial charge in [0, 0.05) is 31.0 Å². The SMILES string of the molecule is CCN(CC)C(=O)Cc1ccc(NC(=O)c2cn(C(C)C)cn2)cc1. The first-order valence-electron chi connectivity index (χ1n) is 8.66. The summed E-state index contributed by atoms with van der Waals surface area (Å²) in [5, 5.41) is 2.83. The number of imidazole rings is 1. The zero-order valence-corrected chi connectivity index (χ0v) is 15.3. The van der Waals surface area contributed by atoms with E-state index in [-0.39, 0.29) is 17.9 Å². The van der Waals surface area contributed by atoms with Crippen LogP contribution in [0.4, 0.5) is 5.69 Å². The molecule has 1 heterocycles. The zero-order valence-electron chi connectivity index (χ0n) is 15.3. The third kappa shape index (κ3) is 4.92. The summed E-state index contributed by atoms with van der Waals surface area (Å²) in [5.74, 6) is -0.132. The number of amides is 2. The standard InChI is InChI=1S/C19H26N4O2/c1-5-22(6-2)18(24)11-15-7-9-16(10-8-15)21-19(25)17-12-23(13-20-17)14(3)4/h7-10,12-14H,5-6,11H2,1-4H3,(H,21,25). The third-order valence-corrected chi connectivity index (χ3v) is 4.11. The largest absolute Gasteiger partial charge is 0.343 e. The highest BCUT2D eigenvalue weighted by molar-refractivity contribution is 6.02. The second-order valence-corrected chi connectivity index (χ2v) is 6.19. The van der Waals surface area contributed by atoms with E-state index in [1.165, 1.54) is 0 Å². The molecular formula is C19H26N4O2. The van der Waals surface area contributed by atoms with Crippen molar-refractivity contribution in [2.24, 2.45) is 0 Å². The van der Waals surface area contributed by atoms with Crippen molar-refractivity contribution in [1.29, 1.82) is 0 Å². The van der Waals surface area contributed by atoms with Gasteiger partial charge in [0.25, 0.3) is 5.91 Å². The number of hydrogen-bond acceptors (Lipinski definition) is 3. The molecule has 6 nitrogen and oxygen atoms in total. The minimum atomic E-state index is -0.244. The van der Waals surface area contributed by atoms with Crippen LogP contribution in [0.5, 0.6) is 0 Å². The van der Waals surface area contributed by atoms with Crippen LogP contribution >= 0.6 is 0 Å². The lowest BCUT2D eigenvalue weighted by Crippen LogP contribution is -2.31. The maximum Gasteiger partial charge on any atom is 0.275 e. The van der Waals surface area contributed by atoms with Crippen LogP contribution in [0.2, 0.25) is 0 Å². The van der Waals surface area contributed by atoms with Crippen LogP contribution in [0.3, 0.4) is 0 Å². The molecule has 1 N–H and O–H groups in total. The van der Waals surface area contributed by atoms with Gasteiger partial charge < -0.3 is 14.8 Å². The summed E-state index contributed by atoms with van der Waals surface area (Å²) in [4.78, 5) is 30.3. The Morgan fingerprint density at radius 2 is 1.80 bits per heavy atom. The van der Waals surface area contributed by atoms with Crippen LogP contribution in [0.15, 0.2) is 36.8 Å². The molecule has 0 atom stereocenters. The molecule has 0 radical (unpaired) electrons. The number of carbonyl (C=O) groups excluding carboxylic acids is 2. The number of rotatable bonds is 7. The Kier molecular flexibility index (Phi) is 6.33. The van der Waals surface area contributed by atoms with Crippen molar-refractivity contribution in [2.45, 2.75) is 40.2 Å². The van der Waals surface area contributed by atoms with Crippen LogP contribution in [0.25, 0.3) is 0 Å². The van der Waals surface area contributed by atoms with Gasteiger partial charge in [-0.25, -0.2) is 4.98 Å². The van der Waals surface area contributed by atoms with E-state index < -0.39 is 0 Å². The molecule has 25 heavy (non-hydrogen) atoms. The molecule has 2 aromatic rings. The van der Waals surface area contributed by atoms with Crippen molar-refractivity contribution >= 4 is 17.5 Å². The highest BCUT2D eigenvalue weighted by Crippen LogP contribution is 2.13. The molecule has 0 fully saturated rings. The number of carbonyl (C=O) groups is 2. The van der Waals surface area contributed by atoms with E-state index in [0.717, 1.165) is 5.56 Å². The highest BCUT2D eigenvalue weighted by atomic mass is 16.2. The predicted octanol–water partition coefficient (Wildman–Crippen LogP) is 3.13. The first-order valence-corrected chi connectivity index (χ1v) is 8.66. The van der Waals surface area contributed by atoms with E-state index in [9.17, 15) is 9.59 Å². The average molecular weight is 342 g/mol. The van der Waals surface area contributed by atoms with Crippen LogP contribution < -0.4 is 5.32 Å². The molecule has 0 saturated carbocycles. The Morgan fingerprint density at radius 1 is 1.16 bits per heavy atom. The average Bonchev–Trinajstić information content (AvgIpc) is 3.08. The maximum atomic E-state index is 12.2. The Morgan fingerprint density at radius 3 is 2.32 bits per heavy atom. The van der Waals surface area contributed by atoms with Crippen LogP contribution in [-0.2, 0) is 11.2 Å². The number of anilines is 1. The minimum absolute atomic E-state index is 0.112. The molecule has 0 saturated heterocycles. The van der Waals surface area contributed by atoms with Gasteiger partial charge in [0.05, 0.1) is 12.7 Å². The molecule has 2 rings (SSSR count). The summed E-state index contributed by atoms with van der Waals surface area (Å²) in [7, 11) is 0. The molecule has 0 aliphatic rings. The molecule has 0 aliphatic carbocycles. The number of benzene rings is 1. The monoisotopic (exact) mass is 342 g/mol. The highest BCUT2D eigenvalue weighted by Gasteiger charge is 2.12.